The number of unbranched alkanes of at least 4 members (excludes halogenated alkanes) is 10. The third-order valence-electron chi connectivity index (χ3n) is 4.23. The minimum absolute atomic E-state index is 0.228. The highest BCUT2D eigenvalue weighted by Gasteiger charge is 2.01. The highest BCUT2D eigenvalue weighted by atomic mass is 16.4. The topological polar surface area (TPSA) is 57.5 Å². The quantitative estimate of drug-likeness (QED) is 0.260. The molecule has 2 N–H and O–H groups in total. The Hall–Kier alpha value is -0.830. The van der Waals surface area contributed by atoms with Crippen molar-refractivity contribution in [3.8, 4) is 0 Å². The van der Waals surface area contributed by atoms with E-state index in [-0.39, 0.29) is 12.5 Å². The third kappa shape index (κ3) is 19.1. The number of aliphatic carboxylic acids is 1. The van der Waals surface area contributed by atoms with E-state index in [1.165, 1.54) is 57.8 Å². The van der Waals surface area contributed by atoms with Gasteiger partial charge in [0.15, 0.2) is 0 Å². The van der Waals surface area contributed by atoms with E-state index in [0.717, 1.165) is 19.3 Å². The van der Waals surface area contributed by atoms with Crippen LogP contribution >= 0.6 is 0 Å². The second kappa shape index (κ2) is 17.5. The molecule has 0 saturated heterocycles. The Morgan fingerprint density at radius 1 is 0.870 bits per heavy atom. The molecule has 0 aromatic rings. The molecule has 0 aliphatic carbocycles. The van der Waals surface area contributed by atoms with Crippen molar-refractivity contribution >= 4 is 5.97 Å². The number of allylic oxidation sites excluding steroid dienone is 1. The van der Waals surface area contributed by atoms with Crippen LogP contribution in [0.3, 0.4) is 0 Å². The van der Waals surface area contributed by atoms with E-state index in [2.05, 4.69) is 6.92 Å². The maximum Gasteiger partial charge on any atom is 0.303 e. The number of carboxylic acid groups (broad SMARTS) is 1. The summed E-state index contributed by atoms with van der Waals surface area (Å²) >= 11 is 0. The van der Waals surface area contributed by atoms with Crippen LogP contribution in [-0.4, -0.2) is 22.3 Å². The fourth-order valence-electron chi connectivity index (χ4n) is 2.73. The van der Waals surface area contributed by atoms with E-state index in [9.17, 15) is 9.90 Å². The van der Waals surface area contributed by atoms with Crippen molar-refractivity contribution in [2.75, 3.05) is 0 Å². The van der Waals surface area contributed by atoms with Gasteiger partial charge in [0.1, 0.15) is 0 Å². The van der Waals surface area contributed by atoms with Crippen molar-refractivity contribution in [3.05, 3.63) is 12.2 Å². The largest absolute Gasteiger partial charge is 0.481 e. The highest BCUT2D eigenvalue weighted by Crippen LogP contribution is 2.13. The fourth-order valence-corrected chi connectivity index (χ4v) is 2.73. The van der Waals surface area contributed by atoms with Gasteiger partial charge in [0, 0.05) is 6.42 Å². The lowest BCUT2D eigenvalue weighted by Crippen LogP contribution is -2.04. The summed E-state index contributed by atoms with van der Waals surface area (Å²) in [5, 5.41) is 18.4. The molecule has 0 rings (SSSR count). The second-order valence-corrected chi connectivity index (χ2v) is 6.62. The summed E-state index contributed by atoms with van der Waals surface area (Å²) in [5.41, 5.74) is 0. The zero-order valence-electron chi connectivity index (χ0n) is 15.1. The van der Waals surface area contributed by atoms with E-state index in [4.69, 9.17) is 5.11 Å². The number of hydrogen-bond donors (Lipinski definition) is 2. The Morgan fingerprint density at radius 3 is 2.00 bits per heavy atom. The van der Waals surface area contributed by atoms with E-state index in [1.54, 1.807) is 0 Å². The van der Waals surface area contributed by atoms with Gasteiger partial charge in [-0.25, -0.2) is 0 Å². The van der Waals surface area contributed by atoms with Crippen LogP contribution < -0.4 is 0 Å². The number of carboxylic acids is 1. The average molecular weight is 327 g/mol. The fraction of sp³-hybridized carbons (Fsp3) is 0.850. The lowest BCUT2D eigenvalue weighted by molar-refractivity contribution is -0.137. The van der Waals surface area contributed by atoms with Crippen LogP contribution in [0.5, 0.6) is 0 Å². The van der Waals surface area contributed by atoms with Gasteiger partial charge in [-0.05, 0) is 25.7 Å². The second-order valence-electron chi connectivity index (χ2n) is 6.62. The zero-order valence-corrected chi connectivity index (χ0v) is 15.1. The van der Waals surface area contributed by atoms with Gasteiger partial charge >= 0.3 is 5.97 Å². The molecule has 0 aromatic carbocycles. The maximum atomic E-state index is 10.3. The lowest BCUT2D eigenvalue weighted by Gasteiger charge is -2.07. The molecule has 1 atom stereocenters. The summed E-state index contributed by atoms with van der Waals surface area (Å²) in [6.45, 7) is 2.25. The molecule has 0 aliphatic rings. The van der Waals surface area contributed by atoms with Crippen LogP contribution in [0.2, 0.25) is 0 Å². The molecule has 3 heteroatoms. The number of aliphatic hydroxyl groups is 1. The first-order valence-corrected chi connectivity index (χ1v) is 9.71. The molecule has 0 bridgehead atoms. The predicted octanol–water partition coefficient (Wildman–Crippen LogP) is 5.86. The number of carbonyl (C=O) groups is 1. The van der Waals surface area contributed by atoms with Gasteiger partial charge in [0.2, 0.25) is 0 Å². The van der Waals surface area contributed by atoms with Crippen LogP contribution in [0.15, 0.2) is 12.2 Å². The summed E-state index contributed by atoms with van der Waals surface area (Å²) in [4.78, 5) is 10.3. The van der Waals surface area contributed by atoms with E-state index in [1.807, 2.05) is 12.2 Å². The molecule has 0 saturated carbocycles. The van der Waals surface area contributed by atoms with E-state index >= 15 is 0 Å². The summed E-state index contributed by atoms with van der Waals surface area (Å²) in [5.74, 6) is -0.737. The maximum absolute atomic E-state index is 10.3. The van der Waals surface area contributed by atoms with Crippen molar-refractivity contribution in [3.63, 3.8) is 0 Å². The Labute approximate surface area is 143 Å². The van der Waals surface area contributed by atoms with Gasteiger partial charge in [0.25, 0.3) is 0 Å². The molecule has 0 radical (unpaired) electrons. The van der Waals surface area contributed by atoms with Crippen LogP contribution in [0.1, 0.15) is 103 Å². The van der Waals surface area contributed by atoms with Crippen molar-refractivity contribution in [1.29, 1.82) is 0 Å². The van der Waals surface area contributed by atoms with Gasteiger partial charge < -0.3 is 10.2 Å². The first-order chi connectivity index (χ1) is 11.2. The standard InChI is InChI=1S/C20H38O3/c1-2-3-4-5-6-7-8-9-10-13-16-19(21)17-14-11-12-15-18-20(22)23/h11,14,19,21H,2-10,12-13,15-18H2,1H3,(H,22,23). The SMILES string of the molecule is CCCCCCCCCCCCC(O)CC=CCCCC(=O)O. The summed E-state index contributed by atoms with van der Waals surface area (Å²) in [7, 11) is 0. The van der Waals surface area contributed by atoms with Crippen LogP contribution in [0.25, 0.3) is 0 Å². The predicted molar refractivity (Wildman–Crippen MR) is 97.7 cm³/mol. The Morgan fingerprint density at radius 2 is 1.43 bits per heavy atom. The lowest BCUT2D eigenvalue weighted by atomic mass is 10.0. The van der Waals surface area contributed by atoms with Gasteiger partial charge in [-0.2, -0.15) is 0 Å². The normalized spacial score (nSPS) is 12.8. The molecule has 0 spiro atoms. The van der Waals surface area contributed by atoms with Crippen molar-refractivity contribution in [1.82, 2.24) is 0 Å². The molecular weight excluding hydrogens is 288 g/mol. The zero-order chi connectivity index (χ0) is 17.2. The molecule has 0 amide bonds. The van der Waals surface area contributed by atoms with E-state index < -0.39 is 5.97 Å². The third-order valence-corrected chi connectivity index (χ3v) is 4.23. The van der Waals surface area contributed by atoms with Crippen molar-refractivity contribution < 1.29 is 15.0 Å². The van der Waals surface area contributed by atoms with Crippen LogP contribution in [-0.2, 0) is 4.79 Å². The minimum Gasteiger partial charge on any atom is -0.481 e. The van der Waals surface area contributed by atoms with E-state index in [0.29, 0.717) is 12.8 Å². The summed E-state index contributed by atoms with van der Waals surface area (Å²) in [6, 6.07) is 0. The van der Waals surface area contributed by atoms with Gasteiger partial charge in [0.05, 0.1) is 6.10 Å². The summed E-state index contributed by atoms with van der Waals surface area (Å²) < 4.78 is 0. The van der Waals surface area contributed by atoms with Gasteiger partial charge in [-0.3, -0.25) is 4.79 Å². The molecule has 0 fully saturated rings. The monoisotopic (exact) mass is 326 g/mol. The first kappa shape index (κ1) is 22.2. The molecular formula is C20H38O3. The van der Waals surface area contributed by atoms with Gasteiger partial charge in [-0.15, -0.1) is 0 Å². The summed E-state index contributed by atoms with van der Waals surface area (Å²) in [6.07, 6.45) is 20.2. The smallest absolute Gasteiger partial charge is 0.303 e. The van der Waals surface area contributed by atoms with Gasteiger partial charge in [-0.1, -0.05) is 83.3 Å². The first-order valence-electron chi connectivity index (χ1n) is 9.71. The van der Waals surface area contributed by atoms with Crippen LogP contribution in [0, 0.1) is 0 Å². The number of aliphatic hydroxyl groups excluding tert-OH is 1. The molecule has 0 aromatic heterocycles. The van der Waals surface area contributed by atoms with Crippen molar-refractivity contribution in [2.24, 2.45) is 0 Å². The molecule has 23 heavy (non-hydrogen) atoms. The molecule has 1 unspecified atom stereocenters. The Kier molecular flexibility index (Phi) is 16.9. The molecule has 136 valence electrons. The molecule has 0 heterocycles. The highest BCUT2D eigenvalue weighted by molar-refractivity contribution is 5.66. The minimum atomic E-state index is -0.737. The van der Waals surface area contributed by atoms with Crippen LogP contribution in [0.4, 0.5) is 0 Å². The molecule has 3 nitrogen and oxygen atoms in total. The van der Waals surface area contributed by atoms with Crippen molar-refractivity contribution in [2.45, 2.75) is 109 Å². The Bertz CT molecular complexity index is 287. The number of hydrogen-bond acceptors (Lipinski definition) is 2. The molecule has 0 aliphatic heterocycles. The average Bonchev–Trinajstić information content (AvgIpc) is 2.52. The number of rotatable bonds is 17. The Balaban J connectivity index is 3.25.